The SMILES string of the molecule is Cc1cc(SCc2nc(-c3ccc(Cl)c(Cl)c3)ns2)ccc1OC1CCCC1OC(=O)O. The lowest BCUT2D eigenvalue weighted by molar-refractivity contribution is 0.00708. The highest BCUT2D eigenvalue weighted by molar-refractivity contribution is 7.98. The minimum absolute atomic E-state index is 0.246. The van der Waals surface area contributed by atoms with Crippen molar-refractivity contribution >= 4 is 52.7 Å². The van der Waals surface area contributed by atoms with E-state index in [1.807, 2.05) is 25.1 Å². The van der Waals surface area contributed by atoms with Crippen molar-refractivity contribution in [1.29, 1.82) is 0 Å². The monoisotopic (exact) mass is 510 g/mol. The molecule has 3 aromatic rings. The Hall–Kier alpha value is -2.00. The van der Waals surface area contributed by atoms with Crippen LogP contribution in [0.2, 0.25) is 10.0 Å². The van der Waals surface area contributed by atoms with Crippen LogP contribution in [0.25, 0.3) is 11.4 Å². The van der Waals surface area contributed by atoms with Crippen molar-refractivity contribution in [1.82, 2.24) is 9.36 Å². The molecule has 2 aromatic carbocycles. The van der Waals surface area contributed by atoms with E-state index in [0.717, 1.165) is 39.6 Å². The van der Waals surface area contributed by atoms with Crippen LogP contribution in [0.3, 0.4) is 0 Å². The summed E-state index contributed by atoms with van der Waals surface area (Å²) in [4.78, 5) is 16.6. The zero-order chi connectivity index (χ0) is 22.7. The first-order valence-electron chi connectivity index (χ1n) is 9.97. The summed E-state index contributed by atoms with van der Waals surface area (Å²) in [5.41, 5.74) is 1.83. The number of rotatable bonds is 7. The third-order valence-corrected chi connectivity index (χ3v) is 7.71. The molecule has 0 bridgehead atoms. The Bertz CT molecular complexity index is 1130. The zero-order valence-electron chi connectivity index (χ0n) is 17.1. The summed E-state index contributed by atoms with van der Waals surface area (Å²) in [7, 11) is 0. The number of nitrogens with zero attached hydrogens (tertiary/aromatic N) is 2. The second-order valence-corrected chi connectivity index (χ2v) is 10.1. The van der Waals surface area contributed by atoms with Crippen molar-refractivity contribution in [3.63, 3.8) is 0 Å². The number of halogens is 2. The predicted octanol–water partition coefficient (Wildman–Crippen LogP) is 7.11. The first-order valence-corrected chi connectivity index (χ1v) is 12.5. The van der Waals surface area contributed by atoms with Crippen molar-refractivity contribution in [2.75, 3.05) is 0 Å². The number of thioether (sulfide) groups is 1. The van der Waals surface area contributed by atoms with Gasteiger partial charge in [0.15, 0.2) is 5.82 Å². The number of benzene rings is 2. The predicted molar refractivity (Wildman–Crippen MR) is 127 cm³/mol. The number of aromatic nitrogens is 2. The van der Waals surface area contributed by atoms with Gasteiger partial charge in [0.25, 0.3) is 0 Å². The molecule has 168 valence electrons. The molecular formula is C22H20Cl2N2O4S2. The summed E-state index contributed by atoms with van der Waals surface area (Å²) in [6.07, 6.45) is 0.449. The molecule has 1 aromatic heterocycles. The van der Waals surface area contributed by atoms with Gasteiger partial charge in [-0.2, -0.15) is 4.37 Å². The first kappa shape index (κ1) is 23.2. The van der Waals surface area contributed by atoms with E-state index in [2.05, 4.69) is 15.4 Å². The third kappa shape index (κ3) is 5.67. The van der Waals surface area contributed by atoms with Gasteiger partial charge in [-0.3, -0.25) is 0 Å². The van der Waals surface area contributed by atoms with Crippen LogP contribution in [0.4, 0.5) is 4.79 Å². The summed E-state index contributed by atoms with van der Waals surface area (Å²) in [6.45, 7) is 1.98. The van der Waals surface area contributed by atoms with Gasteiger partial charge in [-0.05, 0) is 79.7 Å². The maximum absolute atomic E-state index is 10.9. The minimum Gasteiger partial charge on any atom is -0.486 e. The van der Waals surface area contributed by atoms with Crippen molar-refractivity contribution in [2.45, 2.75) is 49.0 Å². The van der Waals surface area contributed by atoms with Crippen LogP contribution in [0.5, 0.6) is 5.75 Å². The van der Waals surface area contributed by atoms with E-state index in [1.165, 1.54) is 11.5 Å². The lowest BCUT2D eigenvalue weighted by atomic mass is 10.2. The average molecular weight is 511 g/mol. The molecule has 32 heavy (non-hydrogen) atoms. The van der Waals surface area contributed by atoms with Gasteiger partial charge in [0.05, 0.1) is 15.8 Å². The molecule has 2 unspecified atom stereocenters. The molecule has 1 fully saturated rings. The second kappa shape index (κ2) is 10.3. The van der Waals surface area contributed by atoms with Gasteiger partial charge in [0.2, 0.25) is 0 Å². The van der Waals surface area contributed by atoms with Gasteiger partial charge in [-0.1, -0.05) is 23.2 Å². The van der Waals surface area contributed by atoms with Crippen LogP contribution in [-0.4, -0.2) is 32.8 Å². The van der Waals surface area contributed by atoms with E-state index in [4.69, 9.17) is 37.8 Å². The molecular weight excluding hydrogens is 491 g/mol. The molecule has 0 saturated heterocycles. The van der Waals surface area contributed by atoms with Crippen molar-refractivity contribution in [3.8, 4) is 17.1 Å². The molecule has 4 rings (SSSR count). The van der Waals surface area contributed by atoms with Crippen LogP contribution in [0, 0.1) is 6.92 Å². The Balaban J connectivity index is 1.36. The van der Waals surface area contributed by atoms with E-state index in [-0.39, 0.29) is 6.10 Å². The molecule has 0 spiro atoms. The maximum atomic E-state index is 10.9. The highest BCUT2D eigenvalue weighted by Crippen LogP contribution is 2.33. The number of carboxylic acid groups (broad SMARTS) is 1. The van der Waals surface area contributed by atoms with E-state index >= 15 is 0 Å². The smallest absolute Gasteiger partial charge is 0.486 e. The van der Waals surface area contributed by atoms with Gasteiger partial charge in [0.1, 0.15) is 23.0 Å². The molecule has 2 atom stereocenters. The van der Waals surface area contributed by atoms with Gasteiger partial charge in [0, 0.05) is 10.5 Å². The molecule has 1 aliphatic rings. The topological polar surface area (TPSA) is 81.5 Å². The maximum Gasteiger partial charge on any atom is 0.506 e. The van der Waals surface area contributed by atoms with E-state index in [1.54, 1.807) is 23.9 Å². The van der Waals surface area contributed by atoms with Crippen LogP contribution >= 0.6 is 46.5 Å². The van der Waals surface area contributed by atoms with Crippen LogP contribution in [-0.2, 0) is 10.5 Å². The number of carbonyl (C=O) groups is 1. The zero-order valence-corrected chi connectivity index (χ0v) is 20.2. The molecule has 1 saturated carbocycles. The Labute approximate surface area is 204 Å². The third-order valence-electron chi connectivity index (χ3n) is 5.08. The van der Waals surface area contributed by atoms with Crippen molar-refractivity contribution < 1.29 is 19.4 Å². The van der Waals surface area contributed by atoms with Crippen molar-refractivity contribution in [2.24, 2.45) is 0 Å². The lowest BCUT2D eigenvalue weighted by Gasteiger charge is -2.21. The molecule has 10 heteroatoms. The van der Waals surface area contributed by atoms with Crippen LogP contribution in [0.1, 0.15) is 29.8 Å². The molecule has 0 radical (unpaired) electrons. The number of hydrogen-bond donors (Lipinski definition) is 1. The Morgan fingerprint density at radius 2 is 2.00 bits per heavy atom. The summed E-state index contributed by atoms with van der Waals surface area (Å²) in [6, 6.07) is 11.3. The van der Waals surface area contributed by atoms with Gasteiger partial charge < -0.3 is 14.6 Å². The highest BCUT2D eigenvalue weighted by Gasteiger charge is 2.32. The average Bonchev–Trinajstić information content (AvgIpc) is 3.40. The van der Waals surface area contributed by atoms with Gasteiger partial charge >= 0.3 is 6.16 Å². The number of aryl methyl sites for hydroxylation is 1. The molecule has 6 nitrogen and oxygen atoms in total. The molecule has 1 N–H and O–H groups in total. The minimum atomic E-state index is -1.26. The quantitative estimate of drug-likeness (QED) is 0.267. The van der Waals surface area contributed by atoms with Gasteiger partial charge in [-0.15, -0.1) is 11.8 Å². The molecule has 0 amide bonds. The molecule has 0 aliphatic heterocycles. The van der Waals surface area contributed by atoms with Crippen LogP contribution < -0.4 is 4.74 Å². The Kier molecular flexibility index (Phi) is 7.45. The fourth-order valence-electron chi connectivity index (χ4n) is 3.51. The number of hydrogen-bond acceptors (Lipinski definition) is 7. The first-order chi connectivity index (χ1) is 15.4. The van der Waals surface area contributed by atoms with Gasteiger partial charge in [-0.25, -0.2) is 9.78 Å². The Morgan fingerprint density at radius 1 is 1.19 bits per heavy atom. The lowest BCUT2D eigenvalue weighted by Crippen LogP contribution is -2.30. The number of ether oxygens (including phenoxy) is 2. The fraction of sp³-hybridized carbons (Fsp3) is 0.318. The summed E-state index contributed by atoms with van der Waals surface area (Å²) in [5.74, 6) is 2.08. The highest BCUT2D eigenvalue weighted by atomic mass is 35.5. The van der Waals surface area contributed by atoms with Crippen LogP contribution in [0.15, 0.2) is 41.3 Å². The summed E-state index contributed by atoms with van der Waals surface area (Å²) in [5, 5.41) is 10.8. The normalized spacial score (nSPS) is 18.0. The summed E-state index contributed by atoms with van der Waals surface area (Å²) < 4.78 is 15.5. The van der Waals surface area contributed by atoms with E-state index in [9.17, 15) is 4.79 Å². The second-order valence-electron chi connectivity index (χ2n) is 7.37. The standard InChI is InChI=1S/C22H20Cl2N2O4S2/c1-12-9-14(6-8-17(12)29-18-3-2-4-19(18)30-22(27)28)31-11-20-25-21(26-32-20)13-5-7-15(23)16(24)10-13/h5-10,18-19H,2-4,11H2,1H3,(H,27,28). The fourth-order valence-corrected chi connectivity index (χ4v) is 5.44. The van der Waals surface area contributed by atoms with Crippen molar-refractivity contribution in [3.05, 3.63) is 57.0 Å². The Morgan fingerprint density at radius 3 is 2.75 bits per heavy atom. The van der Waals surface area contributed by atoms with E-state index < -0.39 is 12.3 Å². The molecule has 1 heterocycles. The largest absolute Gasteiger partial charge is 0.506 e. The molecule has 1 aliphatic carbocycles. The summed E-state index contributed by atoms with van der Waals surface area (Å²) >= 11 is 15.1. The van der Waals surface area contributed by atoms with E-state index in [0.29, 0.717) is 28.0 Å².